The van der Waals surface area contributed by atoms with Crippen LogP contribution in [0.2, 0.25) is 0 Å². The van der Waals surface area contributed by atoms with Crippen molar-refractivity contribution in [3.05, 3.63) is 12.7 Å². The number of nitrogens with zero attached hydrogens (tertiary/aromatic N) is 3. The van der Waals surface area contributed by atoms with Gasteiger partial charge in [-0.1, -0.05) is 6.42 Å². The summed E-state index contributed by atoms with van der Waals surface area (Å²) in [5.74, 6) is -0.701. The van der Waals surface area contributed by atoms with E-state index in [4.69, 9.17) is 5.11 Å². The molecule has 0 bridgehead atoms. The molecule has 0 amide bonds. The van der Waals surface area contributed by atoms with E-state index in [2.05, 4.69) is 10.2 Å². The maximum atomic E-state index is 11.0. The Morgan fingerprint density at radius 2 is 2.08 bits per heavy atom. The summed E-state index contributed by atoms with van der Waals surface area (Å²) in [5, 5.41) is 16.3. The number of carboxylic acid groups (broad SMARTS) is 1. The van der Waals surface area contributed by atoms with Crippen molar-refractivity contribution in [2.75, 3.05) is 0 Å². The Morgan fingerprint density at radius 3 is 2.46 bits per heavy atom. The second-order valence-electron chi connectivity index (χ2n) is 3.57. The minimum atomic E-state index is -0.701. The van der Waals surface area contributed by atoms with Gasteiger partial charge in [-0.3, -0.25) is 4.79 Å². The number of aliphatic carboxylic acids is 1. The van der Waals surface area contributed by atoms with Gasteiger partial charge in [-0.05, 0) is 12.8 Å². The van der Waals surface area contributed by atoms with Crippen LogP contribution in [0.3, 0.4) is 0 Å². The average molecular weight is 181 g/mol. The van der Waals surface area contributed by atoms with Crippen molar-refractivity contribution in [3.63, 3.8) is 0 Å². The highest BCUT2D eigenvalue weighted by molar-refractivity contribution is 5.75. The summed E-state index contributed by atoms with van der Waals surface area (Å²) in [7, 11) is 0. The molecule has 0 aliphatic heterocycles. The molecule has 5 nitrogen and oxygen atoms in total. The topological polar surface area (TPSA) is 68.0 Å². The minimum absolute atomic E-state index is 0.495. The molecule has 1 fully saturated rings. The SMILES string of the molecule is O=C(O)C1(Cn2cnnc2)CCC1. The lowest BCUT2D eigenvalue weighted by Gasteiger charge is -2.37. The highest BCUT2D eigenvalue weighted by Crippen LogP contribution is 2.42. The third kappa shape index (κ3) is 1.30. The van der Waals surface area contributed by atoms with Crippen LogP contribution in [-0.2, 0) is 11.3 Å². The highest BCUT2D eigenvalue weighted by Gasteiger charge is 2.44. The Kier molecular flexibility index (Phi) is 1.79. The molecule has 1 aliphatic carbocycles. The number of rotatable bonds is 3. The maximum absolute atomic E-state index is 11.0. The molecular formula is C8H11N3O2. The van der Waals surface area contributed by atoms with Gasteiger partial charge in [-0.15, -0.1) is 10.2 Å². The van der Waals surface area contributed by atoms with Gasteiger partial charge in [0.25, 0.3) is 0 Å². The summed E-state index contributed by atoms with van der Waals surface area (Å²) in [6, 6.07) is 0. The van der Waals surface area contributed by atoms with Crippen molar-refractivity contribution in [3.8, 4) is 0 Å². The molecule has 1 saturated carbocycles. The molecule has 5 heteroatoms. The van der Waals surface area contributed by atoms with Crippen LogP contribution in [0.5, 0.6) is 0 Å². The predicted molar refractivity (Wildman–Crippen MR) is 43.9 cm³/mol. The minimum Gasteiger partial charge on any atom is -0.481 e. The zero-order chi connectivity index (χ0) is 9.31. The van der Waals surface area contributed by atoms with E-state index < -0.39 is 11.4 Å². The molecule has 1 aromatic heterocycles. The summed E-state index contributed by atoms with van der Waals surface area (Å²) in [4.78, 5) is 11.0. The quantitative estimate of drug-likeness (QED) is 0.738. The van der Waals surface area contributed by atoms with Crippen molar-refractivity contribution < 1.29 is 9.90 Å². The molecule has 70 valence electrons. The van der Waals surface area contributed by atoms with Crippen LogP contribution < -0.4 is 0 Å². The third-order valence-corrected chi connectivity index (χ3v) is 2.72. The molecule has 0 radical (unpaired) electrons. The molecular weight excluding hydrogens is 170 g/mol. The first kappa shape index (κ1) is 8.22. The molecule has 13 heavy (non-hydrogen) atoms. The zero-order valence-corrected chi connectivity index (χ0v) is 7.18. The molecule has 0 atom stereocenters. The normalized spacial score (nSPS) is 19.4. The largest absolute Gasteiger partial charge is 0.481 e. The zero-order valence-electron chi connectivity index (χ0n) is 7.18. The van der Waals surface area contributed by atoms with Crippen LogP contribution in [0.1, 0.15) is 19.3 Å². The molecule has 0 unspecified atom stereocenters. The highest BCUT2D eigenvalue weighted by atomic mass is 16.4. The van der Waals surface area contributed by atoms with Gasteiger partial charge in [0.15, 0.2) is 0 Å². The van der Waals surface area contributed by atoms with E-state index >= 15 is 0 Å². The second kappa shape index (κ2) is 2.83. The van der Waals surface area contributed by atoms with Crippen molar-refractivity contribution in [1.82, 2.24) is 14.8 Å². The second-order valence-corrected chi connectivity index (χ2v) is 3.57. The summed E-state index contributed by atoms with van der Waals surface area (Å²) < 4.78 is 1.73. The fraction of sp³-hybridized carbons (Fsp3) is 0.625. The predicted octanol–water partition coefficient (Wildman–Crippen LogP) is 0.533. The van der Waals surface area contributed by atoms with E-state index in [-0.39, 0.29) is 0 Å². The number of carboxylic acids is 1. The number of hydrogen-bond donors (Lipinski definition) is 1. The molecule has 1 aromatic rings. The van der Waals surface area contributed by atoms with Gasteiger partial charge in [0.05, 0.1) is 5.41 Å². The Balaban J connectivity index is 2.11. The van der Waals surface area contributed by atoms with Crippen molar-refractivity contribution in [2.24, 2.45) is 5.41 Å². The molecule has 1 aliphatic rings. The fourth-order valence-corrected chi connectivity index (χ4v) is 1.70. The van der Waals surface area contributed by atoms with Crippen molar-refractivity contribution >= 4 is 5.97 Å². The average Bonchev–Trinajstić information content (AvgIpc) is 2.47. The molecule has 0 spiro atoms. The standard InChI is InChI=1S/C8H11N3O2/c12-7(13)8(2-1-3-8)4-11-5-9-10-6-11/h5-6H,1-4H2,(H,12,13). The van der Waals surface area contributed by atoms with E-state index in [9.17, 15) is 4.79 Å². The van der Waals surface area contributed by atoms with Gasteiger partial charge in [0.1, 0.15) is 12.7 Å². The number of carbonyl (C=O) groups is 1. The number of aromatic nitrogens is 3. The van der Waals surface area contributed by atoms with Crippen molar-refractivity contribution in [2.45, 2.75) is 25.8 Å². The van der Waals surface area contributed by atoms with Crippen LogP contribution in [0.25, 0.3) is 0 Å². The Bertz CT molecular complexity index is 303. The van der Waals surface area contributed by atoms with Crippen LogP contribution in [0.15, 0.2) is 12.7 Å². The summed E-state index contributed by atoms with van der Waals surface area (Å²) in [5.41, 5.74) is -0.553. The van der Waals surface area contributed by atoms with Gasteiger partial charge in [0.2, 0.25) is 0 Å². The Labute approximate surface area is 75.4 Å². The third-order valence-electron chi connectivity index (χ3n) is 2.72. The van der Waals surface area contributed by atoms with Gasteiger partial charge in [-0.25, -0.2) is 0 Å². The fourth-order valence-electron chi connectivity index (χ4n) is 1.70. The summed E-state index contributed by atoms with van der Waals surface area (Å²) >= 11 is 0. The smallest absolute Gasteiger partial charge is 0.311 e. The maximum Gasteiger partial charge on any atom is 0.311 e. The van der Waals surface area contributed by atoms with Crippen LogP contribution >= 0.6 is 0 Å². The molecule has 1 heterocycles. The first-order valence-corrected chi connectivity index (χ1v) is 4.29. The Morgan fingerprint density at radius 1 is 1.46 bits per heavy atom. The van der Waals surface area contributed by atoms with Gasteiger partial charge in [0, 0.05) is 6.54 Å². The first-order valence-electron chi connectivity index (χ1n) is 4.29. The molecule has 2 rings (SSSR count). The van der Waals surface area contributed by atoms with Crippen LogP contribution in [0.4, 0.5) is 0 Å². The van der Waals surface area contributed by atoms with Gasteiger partial charge in [-0.2, -0.15) is 0 Å². The lowest BCUT2D eigenvalue weighted by molar-refractivity contribution is -0.155. The molecule has 0 saturated heterocycles. The first-order chi connectivity index (χ1) is 6.23. The van der Waals surface area contributed by atoms with E-state index in [1.54, 1.807) is 17.2 Å². The van der Waals surface area contributed by atoms with E-state index in [0.29, 0.717) is 6.54 Å². The van der Waals surface area contributed by atoms with E-state index in [1.165, 1.54) is 0 Å². The van der Waals surface area contributed by atoms with Crippen LogP contribution in [-0.4, -0.2) is 25.8 Å². The van der Waals surface area contributed by atoms with Gasteiger partial charge >= 0.3 is 5.97 Å². The monoisotopic (exact) mass is 181 g/mol. The van der Waals surface area contributed by atoms with Crippen LogP contribution in [0, 0.1) is 5.41 Å². The summed E-state index contributed by atoms with van der Waals surface area (Å²) in [6.45, 7) is 0.495. The lowest BCUT2D eigenvalue weighted by Crippen LogP contribution is -2.41. The van der Waals surface area contributed by atoms with Crippen molar-refractivity contribution in [1.29, 1.82) is 0 Å². The molecule has 0 aromatic carbocycles. The van der Waals surface area contributed by atoms with Gasteiger partial charge < -0.3 is 9.67 Å². The Hall–Kier alpha value is -1.39. The number of hydrogen-bond acceptors (Lipinski definition) is 3. The van der Waals surface area contributed by atoms with E-state index in [1.807, 2.05) is 0 Å². The van der Waals surface area contributed by atoms with E-state index in [0.717, 1.165) is 19.3 Å². The summed E-state index contributed by atoms with van der Waals surface area (Å²) in [6.07, 6.45) is 5.65. The lowest BCUT2D eigenvalue weighted by atomic mass is 9.69. The molecule has 1 N–H and O–H groups in total.